The van der Waals surface area contributed by atoms with Gasteiger partial charge < -0.3 is 4.42 Å². The molecule has 1 aromatic carbocycles. The highest BCUT2D eigenvalue weighted by atomic mass is 35.5. The van der Waals surface area contributed by atoms with E-state index >= 15 is 0 Å². The SMILES string of the molecule is O=[N+]([O-])c1ccc(-c2nnc(C(Cl)Cl)o2)cc1. The van der Waals surface area contributed by atoms with Gasteiger partial charge in [0.05, 0.1) is 4.92 Å². The van der Waals surface area contributed by atoms with Crippen LogP contribution in [0.5, 0.6) is 0 Å². The Morgan fingerprint density at radius 3 is 2.35 bits per heavy atom. The van der Waals surface area contributed by atoms with Crippen LogP contribution < -0.4 is 0 Å². The normalized spacial score (nSPS) is 10.8. The number of rotatable bonds is 3. The summed E-state index contributed by atoms with van der Waals surface area (Å²) in [6.07, 6.45) is 0. The lowest BCUT2D eigenvalue weighted by Crippen LogP contribution is -1.87. The van der Waals surface area contributed by atoms with Crippen molar-refractivity contribution in [3.05, 3.63) is 40.3 Å². The van der Waals surface area contributed by atoms with Crippen molar-refractivity contribution in [2.45, 2.75) is 4.84 Å². The Balaban J connectivity index is 2.30. The van der Waals surface area contributed by atoms with E-state index < -0.39 is 9.76 Å². The molecule has 2 aromatic rings. The first-order chi connectivity index (χ1) is 8.08. The van der Waals surface area contributed by atoms with Gasteiger partial charge in [-0.25, -0.2) is 0 Å². The Labute approximate surface area is 105 Å². The number of alkyl halides is 2. The summed E-state index contributed by atoms with van der Waals surface area (Å²) in [5, 5.41) is 17.8. The second-order valence-corrected chi connectivity index (χ2v) is 4.15. The predicted octanol–water partition coefficient (Wildman–Crippen LogP) is 3.12. The maximum absolute atomic E-state index is 10.5. The molecule has 0 saturated heterocycles. The highest BCUT2D eigenvalue weighted by Gasteiger charge is 2.14. The lowest BCUT2D eigenvalue weighted by Gasteiger charge is -1.94. The molecule has 0 aliphatic rings. The number of hydrogen-bond donors (Lipinski definition) is 0. The molecular formula is C9H5Cl2N3O3. The van der Waals surface area contributed by atoms with Crippen LogP contribution in [0.3, 0.4) is 0 Å². The van der Waals surface area contributed by atoms with E-state index in [0.29, 0.717) is 5.56 Å². The van der Waals surface area contributed by atoms with E-state index in [-0.39, 0.29) is 17.5 Å². The molecule has 6 nitrogen and oxygen atoms in total. The molecule has 0 fully saturated rings. The third-order valence-corrected chi connectivity index (χ3v) is 2.33. The van der Waals surface area contributed by atoms with Gasteiger partial charge in [-0.2, -0.15) is 0 Å². The number of halogens is 2. The van der Waals surface area contributed by atoms with Crippen molar-refractivity contribution in [2.75, 3.05) is 0 Å². The molecule has 88 valence electrons. The van der Waals surface area contributed by atoms with Gasteiger partial charge in [0.2, 0.25) is 11.8 Å². The fourth-order valence-electron chi connectivity index (χ4n) is 1.17. The van der Waals surface area contributed by atoms with E-state index in [1.165, 1.54) is 24.3 Å². The van der Waals surface area contributed by atoms with E-state index in [0.717, 1.165) is 0 Å². The van der Waals surface area contributed by atoms with Crippen LogP contribution in [-0.2, 0) is 0 Å². The highest BCUT2D eigenvalue weighted by Crippen LogP contribution is 2.27. The molecule has 1 aromatic heterocycles. The summed E-state index contributed by atoms with van der Waals surface area (Å²) in [7, 11) is 0. The zero-order valence-corrected chi connectivity index (χ0v) is 9.72. The van der Waals surface area contributed by atoms with Gasteiger partial charge in [-0.15, -0.1) is 10.2 Å². The monoisotopic (exact) mass is 273 g/mol. The molecule has 0 atom stereocenters. The summed E-state index contributed by atoms with van der Waals surface area (Å²) >= 11 is 11.1. The van der Waals surface area contributed by atoms with E-state index in [4.69, 9.17) is 27.6 Å². The Morgan fingerprint density at radius 2 is 1.88 bits per heavy atom. The van der Waals surface area contributed by atoms with Crippen LogP contribution in [0.2, 0.25) is 0 Å². The Hall–Kier alpha value is -1.66. The van der Waals surface area contributed by atoms with E-state index in [2.05, 4.69) is 10.2 Å². The summed E-state index contributed by atoms with van der Waals surface area (Å²) < 4.78 is 5.18. The summed E-state index contributed by atoms with van der Waals surface area (Å²) in [4.78, 5) is 9.08. The summed E-state index contributed by atoms with van der Waals surface area (Å²) in [5.41, 5.74) is 0.546. The van der Waals surface area contributed by atoms with Gasteiger partial charge in [0.15, 0.2) is 4.84 Å². The van der Waals surface area contributed by atoms with E-state index in [1.54, 1.807) is 0 Å². The lowest BCUT2D eigenvalue weighted by molar-refractivity contribution is -0.384. The van der Waals surface area contributed by atoms with Crippen molar-refractivity contribution >= 4 is 28.9 Å². The van der Waals surface area contributed by atoms with Gasteiger partial charge in [-0.1, -0.05) is 23.2 Å². The molecule has 1 heterocycles. The Morgan fingerprint density at radius 1 is 1.24 bits per heavy atom. The number of nitro groups is 1. The molecule has 2 rings (SSSR count). The molecule has 0 amide bonds. The summed E-state index contributed by atoms with van der Waals surface area (Å²) in [5.74, 6) is 0.294. The van der Waals surface area contributed by atoms with E-state index in [9.17, 15) is 10.1 Å². The van der Waals surface area contributed by atoms with Crippen molar-refractivity contribution in [2.24, 2.45) is 0 Å². The predicted molar refractivity (Wildman–Crippen MR) is 60.8 cm³/mol. The lowest BCUT2D eigenvalue weighted by atomic mass is 10.2. The van der Waals surface area contributed by atoms with Crippen molar-refractivity contribution in [3.63, 3.8) is 0 Å². The van der Waals surface area contributed by atoms with Crippen molar-refractivity contribution < 1.29 is 9.34 Å². The fraction of sp³-hybridized carbons (Fsp3) is 0.111. The van der Waals surface area contributed by atoms with Crippen molar-refractivity contribution in [3.8, 4) is 11.5 Å². The second-order valence-electron chi connectivity index (χ2n) is 3.05. The number of aromatic nitrogens is 2. The zero-order valence-electron chi connectivity index (χ0n) is 8.21. The minimum absolute atomic E-state index is 0.0129. The maximum atomic E-state index is 10.5. The van der Waals surface area contributed by atoms with Crippen LogP contribution in [0.1, 0.15) is 10.7 Å². The molecule has 8 heteroatoms. The molecule has 0 radical (unpaired) electrons. The van der Waals surface area contributed by atoms with Crippen molar-refractivity contribution in [1.29, 1.82) is 0 Å². The van der Waals surface area contributed by atoms with Crippen LogP contribution in [0.15, 0.2) is 28.7 Å². The first-order valence-corrected chi connectivity index (χ1v) is 5.31. The summed E-state index contributed by atoms with van der Waals surface area (Å²) in [6, 6.07) is 5.70. The quantitative estimate of drug-likeness (QED) is 0.487. The second kappa shape index (κ2) is 4.68. The van der Waals surface area contributed by atoms with Crippen LogP contribution in [0.25, 0.3) is 11.5 Å². The van der Waals surface area contributed by atoms with E-state index in [1.807, 2.05) is 0 Å². The number of benzene rings is 1. The van der Waals surface area contributed by atoms with Crippen LogP contribution in [0, 0.1) is 10.1 Å². The molecule has 0 N–H and O–H groups in total. The van der Waals surface area contributed by atoms with Crippen LogP contribution in [0.4, 0.5) is 5.69 Å². The number of non-ortho nitro benzene ring substituents is 1. The van der Waals surface area contributed by atoms with Crippen molar-refractivity contribution in [1.82, 2.24) is 10.2 Å². The van der Waals surface area contributed by atoms with Gasteiger partial charge in [-0.3, -0.25) is 10.1 Å². The number of nitro benzene ring substituents is 1. The smallest absolute Gasteiger partial charge is 0.269 e. The number of nitrogens with zero attached hydrogens (tertiary/aromatic N) is 3. The molecule has 0 unspecified atom stereocenters. The molecule has 0 spiro atoms. The Bertz CT molecular complexity index is 539. The fourth-order valence-corrected chi connectivity index (χ4v) is 1.34. The van der Waals surface area contributed by atoms with Crippen LogP contribution in [-0.4, -0.2) is 15.1 Å². The van der Waals surface area contributed by atoms with Gasteiger partial charge in [-0.05, 0) is 12.1 Å². The number of hydrogen-bond acceptors (Lipinski definition) is 5. The molecule has 0 aliphatic heterocycles. The maximum Gasteiger partial charge on any atom is 0.269 e. The van der Waals surface area contributed by atoms with Gasteiger partial charge in [0, 0.05) is 17.7 Å². The van der Waals surface area contributed by atoms with Gasteiger partial charge in [0.1, 0.15) is 0 Å². The average molecular weight is 274 g/mol. The molecule has 17 heavy (non-hydrogen) atoms. The summed E-state index contributed by atoms with van der Waals surface area (Å²) in [6.45, 7) is 0. The topological polar surface area (TPSA) is 82.1 Å². The van der Waals surface area contributed by atoms with Crippen LogP contribution >= 0.6 is 23.2 Å². The van der Waals surface area contributed by atoms with Gasteiger partial charge in [0.25, 0.3) is 5.69 Å². The first kappa shape index (κ1) is 11.8. The standard InChI is InChI=1S/C9H5Cl2N3O3/c10-7(11)9-13-12-8(17-9)5-1-3-6(4-2-5)14(15)16/h1-4,7H. The molecule has 0 bridgehead atoms. The average Bonchev–Trinajstić information content (AvgIpc) is 2.78. The minimum Gasteiger partial charge on any atom is -0.418 e. The third-order valence-electron chi connectivity index (χ3n) is 1.95. The highest BCUT2D eigenvalue weighted by molar-refractivity contribution is 6.43. The Kier molecular flexibility index (Phi) is 3.26. The third kappa shape index (κ3) is 2.54. The minimum atomic E-state index is -0.894. The largest absolute Gasteiger partial charge is 0.418 e. The molecule has 0 aliphatic carbocycles. The van der Waals surface area contributed by atoms with Gasteiger partial charge >= 0.3 is 0 Å². The zero-order chi connectivity index (χ0) is 12.4. The molecule has 0 saturated carbocycles. The molecular weight excluding hydrogens is 269 g/mol. The first-order valence-electron chi connectivity index (χ1n) is 4.44.